The summed E-state index contributed by atoms with van der Waals surface area (Å²) < 4.78 is 5.29. The van der Waals surface area contributed by atoms with E-state index < -0.39 is 0 Å². The first kappa shape index (κ1) is 19.5. The molecule has 0 saturated carbocycles. The van der Waals surface area contributed by atoms with Gasteiger partial charge < -0.3 is 9.84 Å². The standard InChI is InChI=1S/C20H29N5O2/c1-13-7-5-6-8-15(13)19-22-18(27-25-19)10-9-17(26)21-12-14-11-16(24-23-14)20(2,3)4/h5-8,14,16,23-24H,9-12H2,1-4H3,(H,21,26). The molecule has 27 heavy (non-hydrogen) atoms. The number of hydrogen-bond acceptors (Lipinski definition) is 6. The number of nitrogens with zero attached hydrogens (tertiary/aromatic N) is 2. The van der Waals surface area contributed by atoms with E-state index in [1.54, 1.807) is 0 Å². The summed E-state index contributed by atoms with van der Waals surface area (Å²) in [6.45, 7) is 9.25. The van der Waals surface area contributed by atoms with Gasteiger partial charge in [-0.25, -0.2) is 0 Å². The fourth-order valence-corrected chi connectivity index (χ4v) is 3.16. The second kappa shape index (κ2) is 8.19. The molecular formula is C20H29N5O2. The number of hydrazine groups is 1. The van der Waals surface area contributed by atoms with E-state index in [1.807, 2.05) is 31.2 Å². The van der Waals surface area contributed by atoms with Crippen molar-refractivity contribution >= 4 is 5.91 Å². The van der Waals surface area contributed by atoms with Crippen LogP contribution < -0.4 is 16.2 Å². The average molecular weight is 371 g/mol. The molecule has 2 heterocycles. The van der Waals surface area contributed by atoms with Gasteiger partial charge in [-0.15, -0.1) is 0 Å². The fraction of sp³-hybridized carbons (Fsp3) is 0.550. The Morgan fingerprint density at radius 2 is 2.07 bits per heavy atom. The number of aromatic nitrogens is 2. The molecule has 3 N–H and O–H groups in total. The van der Waals surface area contributed by atoms with Crippen LogP contribution in [-0.4, -0.2) is 34.7 Å². The lowest BCUT2D eigenvalue weighted by Gasteiger charge is -2.26. The lowest BCUT2D eigenvalue weighted by atomic mass is 9.84. The second-order valence-electron chi connectivity index (χ2n) is 8.27. The minimum Gasteiger partial charge on any atom is -0.354 e. The van der Waals surface area contributed by atoms with Gasteiger partial charge in [0.2, 0.25) is 17.6 Å². The van der Waals surface area contributed by atoms with Gasteiger partial charge in [0.15, 0.2) is 0 Å². The van der Waals surface area contributed by atoms with Gasteiger partial charge in [0.1, 0.15) is 0 Å². The van der Waals surface area contributed by atoms with Crippen LogP contribution in [0.1, 0.15) is 45.1 Å². The van der Waals surface area contributed by atoms with Crippen LogP contribution in [0.15, 0.2) is 28.8 Å². The van der Waals surface area contributed by atoms with Gasteiger partial charge >= 0.3 is 0 Å². The summed E-state index contributed by atoms with van der Waals surface area (Å²) >= 11 is 0. The third kappa shape index (κ3) is 5.14. The van der Waals surface area contributed by atoms with Crippen molar-refractivity contribution < 1.29 is 9.32 Å². The number of benzene rings is 1. The summed E-state index contributed by atoms with van der Waals surface area (Å²) in [5.41, 5.74) is 8.81. The maximum Gasteiger partial charge on any atom is 0.227 e. The van der Waals surface area contributed by atoms with Crippen molar-refractivity contribution in [3.63, 3.8) is 0 Å². The highest BCUT2D eigenvalue weighted by molar-refractivity contribution is 5.76. The predicted octanol–water partition coefficient (Wildman–Crippen LogP) is 2.38. The van der Waals surface area contributed by atoms with Gasteiger partial charge in [0.05, 0.1) is 0 Å². The highest BCUT2D eigenvalue weighted by atomic mass is 16.5. The van der Waals surface area contributed by atoms with E-state index in [1.165, 1.54) is 0 Å². The Morgan fingerprint density at radius 3 is 2.78 bits per heavy atom. The molecule has 0 radical (unpaired) electrons. The first-order chi connectivity index (χ1) is 12.8. The molecule has 146 valence electrons. The molecule has 1 fully saturated rings. The molecule has 0 bridgehead atoms. The first-order valence-electron chi connectivity index (χ1n) is 9.49. The van der Waals surface area contributed by atoms with Crippen LogP contribution in [-0.2, 0) is 11.2 Å². The van der Waals surface area contributed by atoms with Gasteiger partial charge in [-0.05, 0) is 24.3 Å². The quantitative estimate of drug-likeness (QED) is 0.722. The Bertz CT molecular complexity index is 781. The first-order valence-corrected chi connectivity index (χ1v) is 9.49. The molecule has 3 rings (SSSR count). The highest BCUT2D eigenvalue weighted by Crippen LogP contribution is 2.25. The van der Waals surface area contributed by atoms with E-state index >= 15 is 0 Å². The zero-order valence-corrected chi connectivity index (χ0v) is 16.5. The van der Waals surface area contributed by atoms with E-state index in [0.29, 0.717) is 37.1 Å². The van der Waals surface area contributed by atoms with Crippen LogP contribution in [0.25, 0.3) is 11.4 Å². The number of nitrogens with one attached hydrogen (secondary N) is 3. The molecule has 0 spiro atoms. The molecule has 2 atom stereocenters. The van der Waals surface area contributed by atoms with Crippen molar-refractivity contribution in [2.24, 2.45) is 5.41 Å². The summed E-state index contributed by atoms with van der Waals surface area (Å²) in [4.78, 5) is 16.5. The number of hydrogen-bond donors (Lipinski definition) is 3. The van der Waals surface area contributed by atoms with E-state index in [2.05, 4.69) is 47.1 Å². The van der Waals surface area contributed by atoms with Crippen LogP contribution >= 0.6 is 0 Å². The molecule has 7 heteroatoms. The van der Waals surface area contributed by atoms with Crippen molar-refractivity contribution in [1.82, 2.24) is 26.3 Å². The molecule has 2 aromatic rings. The van der Waals surface area contributed by atoms with Crippen molar-refractivity contribution in [2.75, 3.05) is 6.54 Å². The molecule has 1 aromatic carbocycles. The van der Waals surface area contributed by atoms with Gasteiger partial charge in [-0.1, -0.05) is 50.2 Å². The zero-order chi connectivity index (χ0) is 19.4. The van der Waals surface area contributed by atoms with Crippen molar-refractivity contribution in [3.05, 3.63) is 35.7 Å². The summed E-state index contributed by atoms with van der Waals surface area (Å²) in [6.07, 6.45) is 1.76. The molecule has 1 aliphatic rings. The SMILES string of the molecule is Cc1ccccc1-c1noc(CCC(=O)NCC2CC(C(C)(C)C)NN2)n1. The zero-order valence-electron chi connectivity index (χ0n) is 16.5. The van der Waals surface area contributed by atoms with Crippen LogP contribution in [0.2, 0.25) is 0 Å². The number of carbonyl (C=O) groups excluding carboxylic acids is 1. The monoisotopic (exact) mass is 371 g/mol. The predicted molar refractivity (Wildman–Crippen MR) is 104 cm³/mol. The van der Waals surface area contributed by atoms with E-state index in [0.717, 1.165) is 17.5 Å². The topological polar surface area (TPSA) is 92.1 Å². The normalized spacial score (nSPS) is 20.0. The smallest absolute Gasteiger partial charge is 0.227 e. The van der Waals surface area contributed by atoms with Crippen LogP contribution in [0.3, 0.4) is 0 Å². The van der Waals surface area contributed by atoms with Gasteiger partial charge in [-0.2, -0.15) is 4.98 Å². The van der Waals surface area contributed by atoms with Gasteiger partial charge in [0.25, 0.3) is 0 Å². The fourth-order valence-electron chi connectivity index (χ4n) is 3.16. The molecule has 0 aliphatic carbocycles. The molecule has 1 amide bonds. The van der Waals surface area contributed by atoms with E-state index in [4.69, 9.17) is 4.52 Å². The summed E-state index contributed by atoms with van der Waals surface area (Å²) in [7, 11) is 0. The van der Waals surface area contributed by atoms with Crippen molar-refractivity contribution in [3.8, 4) is 11.4 Å². The molecule has 1 saturated heterocycles. The number of rotatable bonds is 6. The van der Waals surface area contributed by atoms with Crippen molar-refractivity contribution in [1.29, 1.82) is 0 Å². The molecular weight excluding hydrogens is 342 g/mol. The van der Waals surface area contributed by atoms with E-state index in [9.17, 15) is 4.79 Å². The minimum atomic E-state index is -0.00773. The molecule has 1 aliphatic heterocycles. The van der Waals surface area contributed by atoms with Crippen LogP contribution in [0.5, 0.6) is 0 Å². The molecule has 7 nitrogen and oxygen atoms in total. The van der Waals surface area contributed by atoms with E-state index in [-0.39, 0.29) is 17.4 Å². The summed E-state index contributed by atoms with van der Waals surface area (Å²) in [6, 6.07) is 8.54. The number of carbonyl (C=O) groups is 1. The van der Waals surface area contributed by atoms with Gasteiger partial charge in [0, 0.05) is 37.0 Å². The summed E-state index contributed by atoms with van der Waals surface area (Å²) in [5, 5.41) is 7.01. The summed E-state index contributed by atoms with van der Waals surface area (Å²) in [5.74, 6) is 1.04. The maximum absolute atomic E-state index is 12.1. The molecule has 2 unspecified atom stereocenters. The largest absolute Gasteiger partial charge is 0.354 e. The second-order valence-corrected chi connectivity index (χ2v) is 8.27. The maximum atomic E-state index is 12.1. The number of aryl methyl sites for hydroxylation is 2. The Morgan fingerprint density at radius 1 is 1.30 bits per heavy atom. The van der Waals surface area contributed by atoms with Crippen LogP contribution in [0.4, 0.5) is 0 Å². The minimum absolute atomic E-state index is 0.00773. The highest BCUT2D eigenvalue weighted by Gasteiger charge is 2.32. The van der Waals surface area contributed by atoms with Gasteiger partial charge in [-0.3, -0.25) is 15.6 Å². The Kier molecular flexibility index (Phi) is 5.92. The molecule has 1 aromatic heterocycles. The third-order valence-corrected chi connectivity index (χ3v) is 4.99. The average Bonchev–Trinajstić information content (AvgIpc) is 3.28. The van der Waals surface area contributed by atoms with Crippen LogP contribution in [0, 0.1) is 12.3 Å². The Labute approximate surface area is 160 Å². The Hall–Kier alpha value is -2.25. The lowest BCUT2D eigenvalue weighted by Crippen LogP contribution is -2.42. The third-order valence-electron chi connectivity index (χ3n) is 4.99. The van der Waals surface area contributed by atoms with Crippen molar-refractivity contribution in [2.45, 2.75) is 59.0 Å². The lowest BCUT2D eigenvalue weighted by molar-refractivity contribution is -0.121. The number of amides is 1. The Balaban J connectivity index is 1.43.